The zero-order valence-corrected chi connectivity index (χ0v) is 11.0. The van der Waals surface area contributed by atoms with Crippen molar-refractivity contribution in [3.8, 4) is 0 Å². The van der Waals surface area contributed by atoms with Crippen LogP contribution in [-0.2, 0) is 9.59 Å². The van der Waals surface area contributed by atoms with Crippen molar-refractivity contribution in [2.75, 3.05) is 13.1 Å². The number of amides is 2. The topological polar surface area (TPSA) is 69.6 Å². The molecule has 98 valence electrons. The van der Waals surface area contributed by atoms with E-state index in [0.717, 1.165) is 0 Å². The Bertz CT molecular complexity index is 313. The molecule has 0 radical (unpaired) electrons. The molecule has 1 fully saturated rings. The van der Waals surface area contributed by atoms with Crippen LogP contribution in [0, 0.1) is 5.92 Å². The van der Waals surface area contributed by atoms with Crippen LogP contribution in [0.2, 0.25) is 0 Å². The average Bonchev–Trinajstić information content (AvgIpc) is 2.58. The van der Waals surface area contributed by atoms with E-state index in [-0.39, 0.29) is 24.2 Å². The van der Waals surface area contributed by atoms with Crippen LogP contribution in [0.3, 0.4) is 0 Å². The Kier molecular flexibility index (Phi) is 4.14. The summed E-state index contributed by atoms with van der Waals surface area (Å²) in [6, 6.07) is 0. The minimum absolute atomic E-state index is 0.0301. The summed E-state index contributed by atoms with van der Waals surface area (Å²) in [5.41, 5.74) is -0.667. The van der Waals surface area contributed by atoms with E-state index in [1.165, 1.54) is 0 Å². The molecule has 0 bridgehead atoms. The molecule has 0 aromatic carbocycles. The van der Waals surface area contributed by atoms with Gasteiger partial charge in [0.05, 0.1) is 17.6 Å². The van der Waals surface area contributed by atoms with E-state index in [2.05, 4.69) is 5.32 Å². The third kappa shape index (κ3) is 3.19. The third-order valence-corrected chi connectivity index (χ3v) is 3.46. The van der Waals surface area contributed by atoms with Crippen molar-refractivity contribution in [1.29, 1.82) is 0 Å². The maximum absolute atomic E-state index is 12.0. The summed E-state index contributed by atoms with van der Waals surface area (Å²) in [6.45, 7) is 8.20. The maximum atomic E-state index is 12.0. The number of aliphatic hydroxyl groups excluding tert-OH is 1. The lowest BCUT2D eigenvalue weighted by atomic mass is 9.97. The predicted octanol–water partition coefficient (Wildman–Crippen LogP) is 0.130. The minimum atomic E-state index is -0.667. The SMILES string of the molecule is CCN1CC(C(=O)NC(C)(C)C(C)O)CC1=O. The number of carbonyl (C=O) groups is 2. The Hall–Kier alpha value is -1.10. The van der Waals surface area contributed by atoms with E-state index >= 15 is 0 Å². The van der Waals surface area contributed by atoms with Gasteiger partial charge in [0.1, 0.15) is 0 Å². The van der Waals surface area contributed by atoms with E-state index in [1.54, 1.807) is 25.7 Å². The number of hydrogen-bond donors (Lipinski definition) is 2. The molecular formula is C12H22N2O3. The Morgan fingerprint density at radius 2 is 2.24 bits per heavy atom. The van der Waals surface area contributed by atoms with Crippen LogP contribution in [0.1, 0.15) is 34.1 Å². The van der Waals surface area contributed by atoms with Crippen LogP contribution in [0.5, 0.6) is 0 Å². The molecule has 1 aliphatic heterocycles. The van der Waals surface area contributed by atoms with Crippen LogP contribution in [-0.4, -0.2) is 46.6 Å². The zero-order valence-electron chi connectivity index (χ0n) is 11.0. The first kappa shape index (κ1) is 14.0. The highest BCUT2D eigenvalue weighted by molar-refractivity contribution is 5.89. The Labute approximate surface area is 102 Å². The van der Waals surface area contributed by atoms with Gasteiger partial charge in [-0.25, -0.2) is 0 Å². The molecule has 0 aliphatic carbocycles. The zero-order chi connectivity index (χ0) is 13.2. The first-order chi connectivity index (χ1) is 7.77. The normalized spacial score (nSPS) is 22.8. The number of hydrogen-bond acceptors (Lipinski definition) is 3. The standard InChI is InChI=1S/C12H22N2O3/c1-5-14-7-9(6-10(14)16)11(17)13-12(3,4)8(2)15/h8-9,15H,5-7H2,1-4H3,(H,13,17). The lowest BCUT2D eigenvalue weighted by Crippen LogP contribution is -2.53. The summed E-state index contributed by atoms with van der Waals surface area (Å²) in [6.07, 6.45) is -0.360. The van der Waals surface area contributed by atoms with E-state index in [4.69, 9.17) is 0 Å². The van der Waals surface area contributed by atoms with Crippen molar-refractivity contribution >= 4 is 11.8 Å². The van der Waals surface area contributed by atoms with Crippen LogP contribution in [0.4, 0.5) is 0 Å². The van der Waals surface area contributed by atoms with Crippen molar-refractivity contribution in [3.63, 3.8) is 0 Å². The minimum Gasteiger partial charge on any atom is -0.391 e. The second-order valence-electron chi connectivity index (χ2n) is 5.22. The number of nitrogens with zero attached hydrogens (tertiary/aromatic N) is 1. The highest BCUT2D eigenvalue weighted by atomic mass is 16.3. The van der Waals surface area contributed by atoms with Gasteiger partial charge >= 0.3 is 0 Å². The van der Waals surface area contributed by atoms with E-state index in [9.17, 15) is 14.7 Å². The Morgan fingerprint density at radius 1 is 1.65 bits per heavy atom. The first-order valence-corrected chi connectivity index (χ1v) is 6.05. The van der Waals surface area contributed by atoms with Crippen molar-refractivity contribution in [3.05, 3.63) is 0 Å². The van der Waals surface area contributed by atoms with Gasteiger partial charge < -0.3 is 15.3 Å². The van der Waals surface area contributed by atoms with Crippen LogP contribution in [0.15, 0.2) is 0 Å². The molecule has 2 N–H and O–H groups in total. The number of rotatable bonds is 4. The third-order valence-electron chi connectivity index (χ3n) is 3.46. The van der Waals surface area contributed by atoms with Crippen molar-refractivity contribution in [1.82, 2.24) is 10.2 Å². The maximum Gasteiger partial charge on any atom is 0.225 e. The van der Waals surface area contributed by atoms with Gasteiger partial charge in [-0.3, -0.25) is 9.59 Å². The second-order valence-corrected chi connectivity index (χ2v) is 5.22. The highest BCUT2D eigenvalue weighted by Gasteiger charge is 2.36. The molecule has 5 heteroatoms. The molecule has 1 aliphatic rings. The predicted molar refractivity (Wildman–Crippen MR) is 64.3 cm³/mol. The van der Waals surface area contributed by atoms with E-state index < -0.39 is 11.6 Å². The van der Waals surface area contributed by atoms with Crippen LogP contribution < -0.4 is 5.32 Å². The lowest BCUT2D eigenvalue weighted by Gasteiger charge is -2.30. The summed E-state index contributed by atoms with van der Waals surface area (Å²) >= 11 is 0. The summed E-state index contributed by atoms with van der Waals surface area (Å²) < 4.78 is 0. The molecule has 1 saturated heterocycles. The molecule has 2 unspecified atom stereocenters. The van der Waals surface area contributed by atoms with E-state index in [1.807, 2.05) is 6.92 Å². The van der Waals surface area contributed by atoms with Gasteiger partial charge in [0.25, 0.3) is 0 Å². The van der Waals surface area contributed by atoms with Crippen LogP contribution in [0.25, 0.3) is 0 Å². The highest BCUT2D eigenvalue weighted by Crippen LogP contribution is 2.19. The molecule has 17 heavy (non-hydrogen) atoms. The smallest absolute Gasteiger partial charge is 0.225 e. The second kappa shape index (κ2) is 5.04. The molecular weight excluding hydrogens is 220 g/mol. The molecule has 2 atom stereocenters. The Morgan fingerprint density at radius 3 is 2.65 bits per heavy atom. The van der Waals surface area contributed by atoms with Gasteiger partial charge in [0, 0.05) is 19.5 Å². The van der Waals surface area contributed by atoms with Gasteiger partial charge in [-0.1, -0.05) is 0 Å². The van der Waals surface area contributed by atoms with Gasteiger partial charge in [-0.05, 0) is 27.7 Å². The fourth-order valence-corrected chi connectivity index (χ4v) is 1.78. The van der Waals surface area contributed by atoms with Crippen LogP contribution >= 0.6 is 0 Å². The summed E-state index contributed by atoms with van der Waals surface area (Å²) in [5, 5.41) is 12.3. The quantitative estimate of drug-likeness (QED) is 0.736. The van der Waals surface area contributed by atoms with E-state index in [0.29, 0.717) is 13.1 Å². The fraction of sp³-hybridized carbons (Fsp3) is 0.833. The van der Waals surface area contributed by atoms with Gasteiger partial charge in [0.2, 0.25) is 11.8 Å². The van der Waals surface area contributed by atoms with Gasteiger partial charge in [0.15, 0.2) is 0 Å². The summed E-state index contributed by atoms with van der Waals surface area (Å²) in [4.78, 5) is 25.2. The molecule has 5 nitrogen and oxygen atoms in total. The van der Waals surface area contributed by atoms with Gasteiger partial charge in [-0.15, -0.1) is 0 Å². The lowest BCUT2D eigenvalue weighted by molar-refractivity contribution is -0.130. The molecule has 0 spiro atoms. The number of carbonyl (C=O) groups excluding carboxylic acids is 2. The number of nitrogens with one attached hydrogen (secondary N) is 1. The Balaban J connectivity index is 2.59. The van der Waals surface area contributed by atoms with Crippen molar-refractivity contribution in [2.24, 2.45) is 5.92 Å². The largest absolute Gasteiger partial charge is 0.391 e. The molecule has 0 aromatic rings. The molecule has 1 rings (SSSR count). The molecule has 1 heterocycles. The number of aliphatic hydroxyl groups is 1. The molecule has 2 amide bonds. The summed E-state index contributed by atoms with van der Waals surface area (Å²) in [7, 11) is 0. The first-order valence-electron chi connectivity index (χ1n) is 6.05. The average molecular weight is 242 g/mol. The molecule has 0 saturated carbocycles. The van der Waals surface area contributed by atoms with Crippen molar-refractivity contribution < 1.29 is 14.7 Å². The fourth-order valence-electron chi connectivity index (χ4n) is 1.78. The van der Waals surface area contributed by atoms with Crippen molar-refractivity contribution in [2.45, 2.75) is 45.8 Å². The molecule has 0 aromatic heterocycles. The summed E-state index contributed by atoms with van der Waals surface area (Å²) in [5.74, 6) is -0.414. The van der Waals surface area contributed by atoms with Gasteiger partial charge in [-0.2, -0.15) is 0 Å². The number of likely N-dealkylation sites (tertiary alicyclic amines) is 1. The monoisotopic (exact) mass is 242 g/mol.